The van der Waals surface area contributed by atoms with Crippen LogP contribution >= 0.6 is 11.8 Å². The fraction of sp³-hybridized carbons (Fsp3) is 0.556. The lowest BCUT2D eigenvalue weighted by Gasteiger charge is -2.33. The first kappa shape index (κ1) is 16.7. The van der Waals surface area contributed by atoms with Crippen molar-refractivity contribution >= 4 is 23.6 Å². The van der Waals surface area contributed by atoms with Crippen LogP contribution in [0.5, 0.6) is 5.75 Å². The van der Waals surface area contributed by atoms with E-state index in [1.165, 1.54) is 16.0 Å². The van der Waals surface area contributed by atoms with E-state index < -0.39 is 0 Å². The van der Waals surface area contributed by atoms with Crippen LogP contribution in [0.3, 0.4) is 0 Å². The third kappa shape index (κ3) is 3.77. The summed E-state index contributed by atoms with van der Waals surface area (Å²) in [5.41, 5.74) is 2.66. The molecule has 3 aliphatic rings. The lowest BCUT2D eigenvalue weighted by molar-refractivity contribution is -0.917. The number of ether oxygens (including phenoxy) is 1. The minimum Gasteiger partial charge on any atom is -0.493 e. The number of rotatable bonds is 4. The summed E-state index contributed by atoms with van der Waals surface area (Å²) >= 11 is 1.58. The van der Waals surface area contributed by atoms with E-state index >= 15 is 0 Å². The Morgan fingerprint density at radius 3 is 2.88 bits per heavy atom. The molecule has 0 spiro atoms. The van der Waals surface area contributed by atoms with Crippen LogP contribution in [0.2, 0.25) is 0 Å². The van der Waals surface area contributed by atoms with E-state index in [0.717, 1.165) is 51.5 Å². The number of nitrogens with zero attached hydrogens (tertiary/aromatic N) is 2. The van der Waals surface area contributed by atoms with Gasteiger partial charge in [-0.05, 0) is 23.8 Å². The monoisotopic (exact) mass is 362 g/mol. The fourth-order valence-corrected chi connectivity index (χ4v) is 4.60. The Kier molecular flexibility index (Phi) is 4.85. The molecule has 3 aliphatic heterocycles. The highest BCUT2D eigenvalue weighted by molar-refractivity contribution is 8.00. The second-order valence-corrected chi connectivity index (χ2v) is 7.87. The Balaban J connectivity index is 1.26. The minimum atomic E-state index is 0.0863. The van der Waals surface area contributed by atoms with Crippen LogP contribution in [0, 0.1) is 0 Å². The third-order valence-corrected chi connectivity index (χ3v) is 6.13. The van der Waals surface area contributed by atoms with Crippen molar-refractivity contribution in [3.8, 4) is 5.75 Å². The van der Waals surface area contributed by atoms with Crippen LogP contribution in [0.25, 0.3) is 0 Å². The van der Waals surface area contributed by atoms with Crippen molar-refractivity contribution in [2.45, 2.75) is 13.0 Å². The van der Waals surface area contributed by atoms with Crippen LogP contribution in [0.15, 0.2) is 18.2 Å². The quantitative estimate of drug-likeness (QED) is 0.776. The molecule has 1 aromatic rings. The second kappa shape index (κ2) is 7.25. The molecular weight excluding hydrogens is 338 g/mol. The molecule has 0 unspecified atom stereocenters. The molecule has 0 aromatic heterocycles. The van der Waals surface area contributed by atoms with Crippen molar-refractivity contribution in [1.82, 2.24) is 9.80 Å². The summed E-state index contributed by atoms with van der Waals surface area (Å²) in [4.78, 5) is 29.1. The van der Waals surface area contributed by atoms with Gasteiger partial charge in [0.15, 0.2) is 0 Å². The highest BCUT2D eigenvalue weighted by Crippen LogP contribution is 2.25. The minimum absolute atomic E-state index is 0.0863. The van der Waals surface area contributed by atoms with Gasteiger partial charge in [-0.25, -0.2) is 0 Å². The molecule has 0 atom stereocenters. The largest absolute Gasteiger partial charge is 0.493 e. The molecule has 0 aliphatic carbocycles. The highest BCUT2D eigenvalue weighted by atomic mass is 32.2. The highest BCUT2D eigenvalue weighted by Gasteiger charge is 2.28. The van der Waals surface area contributed by atoms with Gasteiger partial charge in [0.1, 0.15) is 18.8 Å². The molecule has 3 heterocycles. The molecule has 4 rings (SSSR count). The van der Waals surface area contributed by atoms with Gasteiger partial charge < -0.3 is 19.4 Å². The van der Waals surface area contributed by atoms with Crippen molar-refractivity contribution in [3.63, 3.8) is 0 Å². The molecule has 2 saturated heterocycles. The summed E-state index contributed by atoms with van der Waals surface area (Å²) in [6, 6.07) is 6.51. The molecule has 7 heteroatoms. The average molecular weight is 362 g/mol. The SMILES string of the molecule is O=C(CN1CSCC1=O)N1CC[NH+](Cc2ccc3c(c2)CCO3)CC1. The first-order valence-corrected chi connectivity index (χ1v) is 10.1. The fourth-order valence-electron chi connectivity index (χ4n) is 3.69. The molecule has 25 heavy (non-hydrogen) atoms. The number of benzene rings is 1. The van der Waals surface area contributed by atoms with Gasteiger partial charge >= 0.3 is 0 Å². The molecule has 134 valence electrons. The van der Waals surface area contributed by atoms with Crippen molar-refractivity contribution in [3.05, 3.63) is 29.3 Å². The van der Waals surface area contributed by atoms with E-state index in [4.69, 9.17) is 4.74 Å². The number of carbonyl (C=O) groups is 2. The maximum Gasteiger partial charge on any atom is 0.242 e. The number of fused-ring (bicyclic) bond motifs is 1. The molecule has 0 saturated carbocycles. The number of hydrogen-bond acceptors (Lipinski definition) is 4. The van der Waals surface area contributed by atoms with Gasteiger partial charge in [0.25, 0.3) is 0 Å². The zero-order valence-electron chi connectivity index (χ0n) is 14.3. The predicted octanol–water partition coefficient (Wildman–Crippen LogP) is -0.618. The van der Waals surface area contributed by atoms with Crippen molar-refractivity contribution in [2.24, 2.45) is 0 Å². The van der Waals surface area contributed by atoms with Crippen LogP contribution in [0.4, 0.5) is 0 Å². The van der Waals surface area contributed by atoms with E-state index in [1.54, 1.807) is 16.7 Å². The standard InChI is InChI=1S/C18H23N3O3S/c22-17(11-21-13-25-12-18(21)23)20-6-4-19(5-7-20)10-14-1-2-16-15(9-14)3-8-24-16/h1-2,9H,3-8,10-13H2/p+1. The number of quaternary nitrogens is 1. The van der Waals surface area contributed by atoms with Crippen LogP contribution in [-0.4, -0.2) is 72.6 Å². The smallest absolute Gasteiger partial charge is 0.242 e. The van der Waals surface area contributed by atoms with Gasteiger partial charge in [0.05, 0.1) is 44.4 Å². The van der Waals surface area contributed by atoms with Crippen molar-refractivity contribution in [2.75, 3.05) is 51.0 Å². The summed E-state index contributed by atoms with van der Waals surface area (Å²) in [6.07, 6.45) is 1.01. The summed E-state index contributed by atoms with van der Waals surface area (Å²) < 4.78 is 5.57. The Bertz CT molecular complexity index is 674. The topological polar surface area (TPSA) is 54.3 Å². The lowest BCUT2D eigenvalue weighted by atomic mass is 10.1. The Morgan fingerprint density at radius 2 is 2.12 bits per heavy atom. The first-order valence-electron chi connectivity index (χ1n) is 8.90. The Hall–Kier alpha value is -1.73. The second-order valence-electron chi connectivity index (χ2n) is 6.92. The zero-order chi connectivity index (χ0) is 17.2. The first-order chi connectivity index (χ1) is 12.2. The van der Waals surface area contributed by atoms with E-state index in [-0.39, 0.29) is 18.4 Å². The van der Waals surface area contributed by atoms with Crippen LogP contribution < -0.4 is 9.64 Å². The molecule has 6 nitrogen and oxygen atoms in total. The third-order valence-electron chi connectivity index (χ3n) is 5.18. The van der Waals surface area contributed by atoms with Crippen molar-refractivity contribution < 1.29 is 19.2 Å². The molecule has 1 aromatic carbocycles. The Labute approximate surface area is 152 Å². The number of amides is 2. The summed E-state index contributed by atoms with van der Waals surface area (Å²) in [6.45, 7) is 5.51. The number of piperazine rings is 1. The Morgan fingerprint density at radius 1 is 1.28 bits per heavy atom. The van der Waals surface area contributed by atoms with E-state index in [2.05, 4.69) is 18.2 Å². The van der Waals surface area contributed by atoms with Gasteiger partial charge in [-0.1, -0.05) is 0 Å². The number of nitrogens with one attached hydrogen (secondary N) is 1. The van der Waals surface area contributed by atoms with Gasteiger partial charge in [0.2, 0.25) is 11.8 Å². The molecule has 1 N–H and O–H groups in total. The lowest BCUT2D eigenvalue weighted by Crippen LogP contribution is -3.13. The summed E-state index contributed by atoms with van der Waals surface area (Å²) in [7, 11) is 0. The zero-order valence-corrected chi connectivity index (χ0v) is 15.1. The van der Waals surface area contributed by atoms with Gasteiger partial charge in [-0.3, -0.25) is 9.59 Å². The summed E-state index contributed by atoms with van der Waals surface area (Å²) in [5.74, 6) is 2.37. The molecule has 0 radical (unpaired) electrons. The predicted molar refractivity (Wildman–Crippen MR) is 95.7 cm³/mol. The molecular formula is C18H24N3O3S+. The number of hydrogen-bond donors (Lipinski definition) is 1. The van der Waals surface area contributed by atoms with Gasteiger partial charge in [-0.2, -0.15) is 0 Å². The van der Waals surface area contributed by atoms with Crippen LogP contribution in [0.1, 0.15) is 11.1 Å². The van der Waals surface area contributed by atoms with Crippen LogP contribution in [-0.2, 0) is 22.6 Å². The van der Waals surface area contributed by atoms with Gasteiger partial charge in [0, 0.05) is 12.0 Å². The van der Waals surface area contributed by atoms with E-state index in [9.17, 15) is 9.59 Å². The number of thioether (sulfide) groups is 1. The maximum atomic E-state index is 12.4. The molecule has 2 amide bonds. The average Bonchev–Trinajstić information content (AvgIpc) is 3.24. The molecule has 2 fully saturated rings. The summed E-state index contributed by atoms with van der Waals surface area (Å²) in [5, 5.41) is 0. The van der Waals surface area contributed by atoms with E-state index in [1.807, 2.05) is 4.90 Å². The maximum absolute atomic E-state index is 12.4. The molecule has 0 bridgehead atoms. The van der Waals surface area contributed by atoms with E-state index in [0.29, 0.717) is 11.6 Å². The number of carbonyl (C=O) groups excluding carboxylic acids is 2. The van der Waals surface area contributed by atoms with Gasteiger partial charge in [-0.15, -0.1) is 11.8 Å². The van der Waals surface area contributed by atoms with Crippen molar-refractivity contribution in [1.29, 1.82) is 0 Å². The normalized spacial score (nSPS) is 20.7.